The van der Waals surface area contributed by atoms with Gasteiger partial charge in [-0.05, 0) is 48.7 Å². The van der Waals surface area contributed by atoms with E-state index in [1.54, 1.807) is 4.90 Å². The van der Waals surface area contributed by atoms with Crippen LogP contribution >= 0.6 is 0 Å². The van der Waals surface area contributed by atoms with E-state index >= 15 is 0 Å². The van der Waals surface area contributed by atoms with Crippen LogP contribution in [0.4, 0.5) is 14.5 Å². The number of carbonyl (C=O) groups is 2. The third kappa shape index (κ3) is 4.94. The molecule has 0 fully saturated rings. The van der Waals surface area contributed by atoms with Gasteiger partial charge in [0.15, 0.2) is 18.1 Å². The Kier molecular flexibility index (Phi) is 6.66. The van der Waals surface area contributed by atoms with Crippen LogP contribution in [0.15, 0.2) is 48.5 Å². The average Bonchev–Trinajstić information content (AvgIpc) is 3.06. The van der Waals surface area contributed by atoms with Crippen molar-refractivity contribution < 1.29 is 32.6 Å². The van der Waals surface area contributed by atoms with Crippen molar-refractivity contribution in [2.45, 2.75) is 26.0 Å². The maximum absolute atomic E-state index is 12.5. The largest absolute Gasteiger partial charge is 0.493 e. The van der Waals surface area contributed by atoms with Gasteiger partial charge in [0.05, 0.1) is 7.11 Å². The molecule has 6 nitrogen and oxygen atoms in total. The Morgan fingerprint density at radius 3 is 2.70 bits per heavy atom. The van der Waals surface area contributed by atoms with Crippen LogP contribution in [0.3, 0.4) is 0 Å². The zero-order chi connectivity index (χ0) is 21.7. The number of hydrogen-bond acceptors (Lipinski definition) is 5. The number of carbonyl (C=O) groups excluding carboxylic acids is 2. The summed E-state index contributed by atoms with van der Waals surface area (Å²) in [6.45, 7) is -1.42. The fourth-order valence-electron chi connectivity index (χ4n) is 3.34. The van der Waals surface area contributed by atoms with Crippen LogP contribution in [0.2, 0.25) is 0 Å². The third-order valence-corrected chi connectivity index (χ3v) is 4.63. The molecule has 8 heteroatoms. The number of fused-ring (bicyclic) bond motifs is 1. The quantitative estimate of drug-likeness (QED) is 0.506. The lowest BCUT2D eigenvalue weighted by Gasteiger charge is -2.22. The molecule has 30 heavy (non-hydrogen) atoms. The van der Waals surface area contributed by atoms with E-state index in [4.69, 9.17) is 9.47 Å². The zero-order valence-corrected chi connectivity index (χ0v) is 16.5. The second-order valence-corrected chi connectivity index (χ2v) is 6.68. The summed E-state index contributed by atoms with van der Waals surface area (Å²) in [5.41, 5.74) is 2.43. The van der Waals surface area contributed by atoms with Gasteiger partial charge in [0, 0.05) is 17.8 Å². The average molecular weight is 417 g/mol. The summed E-state index contributed by atoms with van der Waals surface area (Å²) in [7, 11) is 1.32. The van der Waals surface area contributed by atoms with Gasteiger partial charge in [-0.2, -0.15) is 8.78 Å². The van der Waals surface area contributed by atoms with Crippen LogP contribution < -0.4 is 14.4 Å². The summed E-state index contributed by atoms with van der Waals surface area (Å²) in [6.07, 6.45) is 3.33. The number of methoxy groups -OCH3 is 1. The molecule has 0 radical (unpaired) electrons. The predicted molar refractivity (Wildman–Crippen MR) is 107 cm³/mol. The Labute approximate surface area is 172 Å². The van der Waals surface area contributed by atoms with Gasteiger partial charge in [0.25, 0.3) is 5.91 Å². The maximum Gasteiger partial charge on any atom is 0.387 e. The topological polar surface area (TPSA) is 65.1 Å². The highest BCUT2D eigenvalue weighted by atomic mass is 19.3. The monoisotopic (exact) mass is 417 g/mol. The fourth-order valence-corrected chi connectivity index (χ4v) is 3.34. The van der Waals surface area contributed by atoms with Gasteiger partial charge < -0.3 is 19.1 Å². The van der Waals surface area contributed by atoms with Crippen molar-refractivity contribution in [1.82, 2.24) is 0 Å². The van der Waals surface area contributed by atoms with E-state index in [-0.39, 0.29) is 30.1 Å². The lowest BCUT2D eigenvalue weighted by atomic mass is 10.1. The van der Waals surface area contributed by atoms with E-state index in [0.29, 0.717) is 5.56 Å². The van der Waals surface area contributed by atoms with Gasteiger partial charge in [-0.15, -0.1) is 0 Å². The van der Waals surface area contributed by atoms with Crippen molar-refractivity contribution >= 4 is 23.6 Å². The van der Waals surface area contributed by atoms with E-state index < -0.39 is 12.6 Å². The molecular weight excluding hydrogens is 396 g/mol. The Bertz CT molecular complexity index is 960. The van der Waals surface area contributed by atoms with Gasteiger partial charge in [0.1, 0.15) is 0 Å². The Morgan fingerprint density at radius 1 is 1.20 bits per heavy atom. The molecule has 0 aromatic heterocycles. The number of hydrogen-bond donors (Lipinski definition) is 0. The van der Waals surface area contributed by atoms with Crippen LogP contribution in [-0.2, 0) is 20.7 Å². The summed E-state index contributed by atoms with van der Waals surface area (Å²) in [4.78, 5) is 26.2. The molecule has 1 aliphatic rings. The number of halogens is 2. The van der Waals surface area contributed by atoms with Crippen molar-refractivity contribution in [2.24, 2.45) is 0 Å². The molecule has 0 unspecified atom stereocenters. The minimum Gasteiger partial charge on any atom is -0.493 e. The number of rotatable bonds is 7. The predicted octanol–water partition coefficient (Wildman–Crippen LogP) is 3.83. The molecule has 0 aliphatic carbocycles. The Balaban J connectivity index is 1.58. The highest BCUT2D eigenvalue weighted by Gasteiger charge is 2.30. The van der Waals surface area contributed by atoms with Crippen molar-refractivity contribution in [2.75, 3.05) is 18.6 Å². The number of benzene rings is 2. The molecule has 2 aromatic rings. The molecule has 0 spiro atoms. The van der Waals surface area contributed by atoms with Crippen molar-refractivity contribution in [3.05, 3.63) is 59.7 Å². The van der Waals surface area contributed by atoms with Crippen LogP contribution in [0.1, 0.15) is 18.1 Å². The fraction of sp³-hybridized carbons (Fsp3) is 0.273. The smallest absolute Gasteiger partial charge is 0.387 e. The number of anilines is 1. The minimum absolute atomic E-state index is 0.00872. The molecular formula is C22H21F2NO5. The molecule has 1 aliphatic heterocycles. The first-order valence-electron chi connectivity index (χ1n) is 9.26. The van der Waals surface area contributed by atoms with Gasteiger partial charge in [0.2, 0.25) is 0 Å². The minimum atomic E-state index is -2.97. The molecule has 0 saturated heterocycles. The maximum atomic E-state index is 12.5. The van der Waals surface area contributed by atoms with E-state index in [0.717, 1.165) is 23.7 Å². The second kappa shape index (κ2) is 9.39. The zero-order valence-electron chi connectivity index (χ0n) is 16.5. The van der Waals surface area contributed by atoms with Crippen LogP contribution in [-0.4, -0.2) is 38.2 Å². The van der Waals surface area contributed by atoms with Gasteiger partial charge in [-0.25, -0.2) is 4.79 Å². The molecule has 3 rings (SSSR count). The molecule has 1 atom stereocenters. The van der Waals surface area contributed by atoms with Crippen LogP contribution in [0.25, 0.3) is 6.08 Å². The molecule has 0 N–H and O–H groups in total. The summed E-state index contributed by atoms with van der Waals surface area (Å²) in [5, 5.41) is 0. The summed E-state index contributed by atoms with van der Waals surface area (Å²) in [6, 6.07) is 11.8. The molecule has 2 aromatic carbocycles. The molecule has 158 valence electrons. The van der Waals surface area contributed by atoms with E-state index in [9.17, 15) is 18.4 Å². The highest BCUT2D eigenvalue weighted by molar-refractivity contribution is 5.98. The number of para-hydroxylation sites is 1. The molecule has 1 heterocycles. The van der Waals surface area contributed by atoms with Crippen molar-refractivity contribution in [3.63, 3.8) is 0 Å². The lowest BCUT2D eigenvalue weighted by Crippen LogP contribution is -2.38. The first-order valence-corrected chi connectivity index (χ1v) is 9.26. The van der Waals surface area contributed by atoms with Gasteiger partial charge in [-0.1, -0.05) is 24.3 Å². The Hall–Kier alpha value is -3.42. The van der Waals surface area contributed by atoms with Crippen molar-refractivity contribution in [3.8, 4) is 11.5 Å². The third-order valence-electron chi connectivity index (χ3n) is 4.63. The van der Waals surface area contributed by atoms with E-state index in [2.05, 4.69) is 4.74 Å². The summed E-state index contributed by atoms with van der Waals surface area (Å²) in [5.74, 6) is -1.01. The number of ether oxygens (including phenoxy) is 3. The first kappa shape index (κ1) is 21.3. The second-order valence-electron chi connectivity index (χ2n) is 6.68. The summed E-state index contributed by atoms with van der Waals surface area (Å²) >= 11 is 0. The number of esters is 1. The van der Waals surface area contributed by atoms with Gasteiger partial charge in [-0.3, -0.25) is 4.79 Å². The standard InChI is InChI=1S/C22H21F2NO5/c1-14-11-16-5-3-4-6-17(16)25(14)20(26)13-29-21(27)10-8-15-7-9-18(30-22(23)24)19(12-15)28-2/h3-10,12,14,22H,11,13H2,1-2H3/b10-8+/t14-/m1/s1. The normalized spacial score (nSPS) is 15.4. The van der Waals surface area contributed by atoms with Crippen molar-refractivity contribution in [1.29, 1.82) is 0 Å². The number of alkyl halides is 2. The van der Waals surface area contributed by atoms with Gasteiger partial charge >= 0.3 is 12.6 Å². The summed E-state index contributed by atoms with van der Waals surface area (Å²) < 4.78 is 39.2. The van der Waals surface area contributed by atoms with E-state index in [1.807, 2.05) is 31.2 Å². The lowest BCUT2D eigenvalue weighted by molar-refractivity contribution is -0.143. The highest BCUT2D eigenvalue weighted by Crippen LogP contribution is 2.32. The first-order chi connectivity index (χ1) is 14.4. The molecule has 1 amide bonds. The van der Waals surface area contributed by atoms with Crippen LogP contribution in [0, 0.1) is 0 Å². The van der Waals surface area contributed by atoms with E-state index in [1.165, 1.54) is 31.4 Å². The number of nitrogens with zero attached hydrogens (tertiary/aromatic N) is 1. The SMILES string of the molecule is COc1cc(/C=C/C(=O)OCC(=O)N2c3ccccc3C[C@H]2C)ccc1OC(F)F. The number of amides is 1. The Morgan fingerprint density at radius 2 is 1.97 bits per heavy atom. The molecule has 0 bridgehead atoms. The molecule has 0 saturated carbocycles. The van der Waals surface area contributed by atoms with Crippen LogP contribution in [0.5, 0.6) is 11.5 Å².